The van der Waals surface area contributed by atoms with Gasteiger partial charge in [-0.15, -0.1) is 0 Å². The largest absolute Gasteiger partial charge is 0.416 e. The minimum Gasteiger partial charge on any atom is -0.352 e. The Kier molecular flexibility index (Phi) is 11.2. The van der Waals surface area contributed by atoms with Crippen LogP contribution in [0.15, 0.2) is 48.5 Å². The van der Waals surface area contributed by atoms with E-state index in [9.17, 15) is 31.2 Å². The summed E-state index contributed by atoms with van der Waals surface area (Å²) in [6, 6.07) is 11.1. The lowest BCUT2D eigenvalue weighted by Gasteiger charge is -2.33. The van der Waals surface area contributed by atoms with Crippen LogP contribution in [-0.2, 0) is 32.3 Å². The number of halogens is 3. The lowest BCUT2D eigenvalue weighted by molar-refractivity contribution is -0.141. The predicted molar refractivity (Wildman–Crippen MR) is 154 cm³/mol. The maximum Gasteiger partial charge on any atom is 0.416 e. The number of nitrogens with one attached hydrogen (secondary N) is 1. The Morgan fingerprint density at radius 2 is 1.73 bits per heavy atom. The number of carbonyl (C=O) groups is 2. The number of anilines is 1. The van der Waals surface area contributed by atoms with E-state index < -0.39 is 27.8 Å². The fourth-order valence-electron chi connectivity index (χ4n) is 5.28. The molecule has 0 heterocycles. The van der Waals surface area contributed by atoms with Gasteiger partial charge in [-0.05, 0) is 61.9 Å². The number of hydrogen-bond acceptors (Lipinski definition) is 4. The van der Waals surface area contributed by atoms with Crippen molar-refractivity contribution >= 4 is 27.5 Å². The van der Waals surface area contributed by atoms with Crippen molar-refractivity contribution in [2.45, 2.75) is 90.0 Å². The topological polar surface area (TPSA) is 86.8 Å². The van der Waals surface area contributed by atoms with Gasteiger partial charge in [0.25, 0.3) is 0 Å². The highest BCUT2D eigenvalue weighted by Gasteiger charge is 2.33. The molecule has 0 saturated heterocycles. The van der Waals surface area contributed by atoms with Crippen molar-refractivity contribution in [1.82, 2.24) is 10.2 Å². The van der Waals surface area contributed by atoms with Gasteiger partial charge < -0.3 is 10.2 Å². The zero-order valence-electron chi connectivity index (χ0n) is 23.9. The van der Waals surface area contributed by atoms with E-state index >= 15 is 0 Å². The lowest BCUT2D eigenvalue weighted by Crippen LogP contribution is -2.51. The first-order valence-electron chi connectivity index (χ1n) is 14.1. The zero-order valence-corrected chi connectivity index (χ0v) is 24.7. The molecule has 7 nitrogen and oxygen atoms in total. The Hall–Kier alpha value is -3.08. The Balaban J connectivity index is 1.79. The van der Waals surface area contributed by atoms with E-state index in [1.807, 2.05) is 38.1 Å². The summed E-state index contributed by atoms with van der Waals surface area (Å²) < 4.78 is 65.7. The molecule has 2 aromatic rings. The molecule has 2 aromatic carbocycles. The molecule has 1 fully saturated rings. The molecule has 1 aliphatic rings. The Bertz CT molecular complexity index is 1290. The highest BCUT2D eigenvalue weighted by atomic mass is 32.2. The van der Waals surface area contributed by atoms with Gasteiger partial charge in [-0.25, -0.2) is 8.42 Å². The van der Waals surface area contributed by atoms with Crippen LogP contribution in [0.4, 0.5) is 18.9 Å². The number of rotatable bonds is 12. The van der Waals surface area contributed by atoms with Crippen LogP contribution in [0.3, 0.4) is 0 Å². The molecule has 1 atom stereocenters. The summed E-state index contributed by atoms with van der Waals surface area (Å²) in [4.78, 5) is 28.6. The van der Waals surface area contributed by atoms with Crippen molar-refractivity contribution in [1.29, 1.82) is 0 Å². The minimum atomic E-state index is -4.63. The van der Waals surface area contributed by atoms with Gasteiger partial charge in [-0.3, -0.25) is 13.9 Å². The van der Waals surface area contributed by atoms with Crippen LogP contribution >= 0.6 is 0 Å². The van der Waals surface area contributed by atoms with Gasteiger partial charge in [0.15, 0.2) is 0 Å². The van der Waals surface area contributed by atoms with Gasteiger partial charge in [0.05, 0.1) is 17.5 Å². The molecule has 1 N–H and O–H groups in total. The van der Waals surface area contributed by atoms with Crippen molar-refractivity contribution in [3.8, 4) is 0 Å². The summed E-state index contributed by atoms with van der Waals surface area (Å²) in [7, 11) is -3.93. The van der Waals surface area contributed by atoms with E-state index in [2.05, 4.69) is 5.32 Å². The van der Waals surface area contributed by atoms with Crippen molar-refractivity contribution < 1.29 is 31.2 Å². The van der Waals surface area contributed by atoms with E-state index in [1.165, 1.54) is 6.07 Å². The van der Waals surface area contributed by atoms with Crippen molar-refractivity contribution in [2.75, 3.05) is 17.1 Å². The number of benzene rings is 2. The number of alkyl halides is 3. The smallest absolute Gasteiger partial charge is 0.352 e. The normalized spacial score (nSPS) is 15.3. The fraction of sp³-hybridized carbons (Fsp3) is 0.533. The first-order chi connectivity index (χ1) is 19.3. The average molecular weight is 596 g/mol. The molecule has 0 aromatic heterocycles. The zero-order chi connectivity index (χ0) is 30.2. The third-order valence-corrected chi connectivity index (χ3v) is 8.75. The molecule has 0 aliphatic heterocycles. The molecular formula is C30H40F3N3O4S. The number of aryl methyl sites for hydroxylation is 1. The molecule has 1 saturated carbocycles. The van der Waals surface area contributed by atoms with Gasteiger partial charge in [0.2, 0.25) is 21.8 Å². The molecule has 226 valence electrons. The molecule has 41 heavy (non-hydrogen) atoms. The minimum absolute atomic E-state index is 0.0626. The van der Waals surface area contributed by atoms with Gasteiger partial charge >= 0.3 is 6.18 Å². The first-order valence-corrected chi connectivity index (χ1v) is 16.0. The standard InChI is InChI=1S/C30H40F3N3O4S/c1-4-27(29(38)34-25-15-6-5-7-16-25)35(21-23-13-9-8-12-22(23)2)28(37)18-11-19-36(41(3,39)40)26-17-10-14-24(20-26)30(31,32)33/h8-10,12-14,17,20,25,27H,4-7,11,15-16,18-19,21H2,1-3H3,(H,34,38)/t27-/m0/s1. The van der Waals surface area contributed by atoms with Gasteiger partial charge in [-0.2, -0.15) is 13.2 Å². The van der Waals surface area contributed by atoms with E-state index in [1.54, 1.807) is 4.90 Å². The molecule has 0 unspecified atom stereocenters. The summed E-state index contributed by atoms with van der Waals surface area (Å²) >= 11 is 0. The van der Waals surface area contributed by atoms with Crippen LogP contribution in [0.1, 0.15) is 75.0 Å². The molecule has 0 radical (unpaired) electrons. The van der Waals surface area contributed by atoms with Gasteiger partial charge in [-0.1, -0.05) is 56.5 Å². The molecule has 1 aliphatic carbocycles. The maximum absolute atomic E-state index is 13.6. The Morgan fingerprint density at radius 1 is 1.05 bits per heavy atom. The highest BCUT2D eigenvalue weighted by Crippen LogP contribution is 2.32. The van der Waals surface area contributed by atoms with Gasteiger partial charge in [0.1, 0.15) is 6.04 Å². The third kappa shape index (κ3) is 9.21. The van der Waals surface area contributed by atoms with Crippen LogP contribution in [0.5, 0.6) is 0 Å². The lowest BCUT2D eigenvalue weighted by atomic mass is 9.95. The maximum atomic E-state index is 13.6. The predicted octanol–water partition coefficient (Wildman–Crippen LogP) is 5.82. The van der Waals surface area contributed by atoms with Crippen LogP contribution in [0.2, 0.25) is 0 Å². The fourth-order valence-corrected chi connectivity index (χ4v) is 6.23. The second-order valence-corrected chi connectivity index (χ2v) is 12.6. The summed E-state index contributed by atoms with van der Waals surface area (Å²) in [6.07, 6.45) is 1.74. The first kappa shape index (κ1) is 32.4. The molecule has 0 bridgehead atoms. The quantitative estimate of drug-likeness (QED) is 0.335. The number of nitrogens with zero attached hydrogens (tertiary/aromatic N) is 2. The third-order valence-electron chi connectivity index (χ3n) is 7.55. The van der Waals surface area contributed by atoms with E-state index in [0.717, 1.165) is 72.0 Å². The Morgan fingerprint density at radius 3 is 2.34 bits per heavy atom. The number of sulfonamides is 1. The second-order valence-electron chi connectivity index (χ2n) is 10.7. The van der Waals surface area contributed by atoms with Crippen molar-refractivity contribution in [2.24, 2.45) is 0 Å². The van der Waals surface area contributed by atoms with Crippen LogP contribution in [0, 0.1) is 6.92 Å². The van der Waals surface area contributed by atoms with Gasteiger partial charge in [0, 0.05) is 25.6 Å². The Labute approximate surface area is 241 Å². The molecule has 11 heteroatoms. The number of carbonyl (C=O) groups excluding carboxylic acids is 2. The van der Waals surface area contributed by atoms with E-state index in [4.69, 9.17) is 0 Å². The highest BCUT2D eigenvalue weighted by molar-refractivity contribution is 7.92. The summed E-state index contributed by atoms with van der Waals surface area (Å²) in [6.45, 7) is 3.81. The molecule has 3 rings (SSSR count). The summed E-state index contributed by atoms with van der Waals surface area (Å²) in [5, 5.41) is 3.13. The van der Waals surface area contributed by atoms with Crippen molar-refractivity contribution in [3.05, 3.63) is 65.2 Å². The van der Waals surface area contributed by atoms with Crippen molar-refractivity contribution in [3.63, 3.8) is 0 Å². The summed E-state index contributed by atoms with van der Waals surface area (Å²) in [5.41, 5.74) is 0.788. The van der Waals surface area contributed by atoms with Crippen LogP contribution < -0.4 is 9.62 Å². The summed E-state index contributed by atoms with van der Waals surface area (Å²) in [5.74, 6) is -0.528. The number of hydrogen-bond donors (Lipinski definition) is 1. The number of amides is 2. The van der Waals surface area contributed by atoms with E-state index in [0.29, 0.717) is 6.42 Å². The average Bonchev–Trinajstić information content (AvgIpc) is 2.91. The van der Waals surface area contributed by atoms with E-state index in [-0.39, 0.29) is 49.5 Å². The molecule has 2 amide bonds. The second kappa shape index (κ2) is 14.2. The molecule has 0 spiro atoms. The monoisotopic (exact) mass is 595 g/mol. The van der Waals surface area contributed by atoms with Crippen LogP contribution in [0.25, 0.3) is 0 Å². The molecular weight excluding hydrogens is 555 g/mol. The van der Waals surface area contributed by atoms with Crippen LogP contribution in [-0.4, -0.2) is 50.0 Å². The SMILES string of the molecule is CC[C@@H](C(=O)NC1CCCCC1)N(Cc1ccccc1C)C(=O)CCCN(c1cccc(C(F)(F)F)c1)S(C)(=O)=O.